The van der Waals surface area contributed by atoms with Crippen molar-refractivity contribution in [1.82, 2.24) is 20.1 Å². The summed E-state index contributed by atoms with van der Waals surface area (Å²) in [5.41, 5.74) is 0.420. The Balaban J connectivity index is 1.92. The topological polar surface area (TPSA) is 59.8 Å². The van der Waals surface area contributed by atoms with Crippen LogP contribution in [0.2, 0.25) is 5.02 Å². The van der Waals surface area contributed by atoms with Gasteiger partial charge in [-0.05, 0) is 18.2 Å². The number of nitrogens with one attached hydrogen (secondary N) is 1. The first-order valence-electron chi connectivity index (χ1n) is 5.67. The highest BCUT2D eigenvalue weighted by molar-refractivity contribution is 7.80. The zero-order valence-electron chi connectivity index (χ0n) is 10.3. The summed E-state index contributed by atoms with van der Waals surface area (Å²) in [5, 5.41) is 7.31. The number of amides is 1. The van der Waals surface area contributed by atoms with Gasteiger partial charge in [0.1, 0.15) is 6.33 Å². The molecular weight excluding hydrogens is 284 g/mol. The number of halogens is 1. The summed E-state index contributed by atoms with van der Waals surface area (Å²) in [6, 6.07) is 5.03. The van der Waals surface area contributed by atoms with Crippen molar-refractivity contribution in [3.8, 4) is 0 Å². The molecule has 1 aromatic carbocycles. The molecule has 0 aliphatic rings. The van der Waals surface area contributed by atoms with E-state index >= 15 is 0 Å². The Kier molecular flexibility index (Phi) is 4.44. The second kappa shape index (κ2) is 6.08. The molecular formula is C12H13ClN4OS. The van der Waals surface area contributed by atoms with Gasteiger partial charge in [-0.1, -0.05) is 11.6 Å². The van der Waals surface area contributed by atoms with Crippen LogP contribution >= 0.6 is 24.2 Å². The number of hydrogen-bond donors (Lipinski definition) is 2. The van der Waals surface area contributed by atoms with Gasteiger partial charge in [-0.3, -0.25) is 9.48 Å². The molecule has 100 valence electrons. The highest BCUT2D eigenvalue weighted by atomic mass is 35.5. The fourth-order valence-electron chi connectivity index (χ4n) is 1.57. The Bertz CT molecular complexity index is 599. The molecule has 0 aliphatic carbocycles. The van der Waals surface area contributed by atoms with Gasteiger partial charge >= 0.3 is 0 Å². The van der Waals surface area contributed by atoms with Crippen LogP contribution in [0.25, 0.3) is 0 Å². The Hall–Kier alpha value is -1.53. The lowest BCUT2D eigenvalue weighted by Gasteiger charge is -2.06. The first-order chi connectivity index (χ1) is 9.06. The van der Waals surface area contributed by atoms with Crippen LogP contribution in [0.15, 0.2) is 29.4 Å². The van der Waals surface area contributed by atoms with Crippen molar-refractivity contribution in [1.29, 1.82) is 0 Å². The van der Waals surface area contributed by atoms with E-state index in [1.54, 1.807) is 36.3 Å². The number of aromatic nitrogens is 3. The van der Waals surface area contributed by atoms with Gasteiger partial charge in [0.25, 0.3) is 5.91 Å². The standard InChI is InChI=1S/C12H13ClN4OS/c1-17-7-15-11(16-17)4-5-14-12(18)9-6-8(19)2-3-10(9)13/h2-3,6-7,19H,4-5H2,1H3,(H,14,18). The number of carbonyl (C=O) groups is 1. The Morgan fingerprint density at radius 1 is 1.53 bits per heavy atom. The molecule has 0 atom stereocenters. The maximum absolute atomic E-state index is 11.9. The van der Waals surface area contributed by atoms with Crippen LogP contribution in [0.1, 0.15) is 16.2 Å². The van der Waals surface area contributed by atoms with Crippen molar-refractivity contribution in [2.75, 3.05) is 6.54 Å². The van der Waals surface area contributed by atoms with Gasteiger partial charge in [0.15, 0.2) is 5.82 Å². The molecule has 2 rings (SSSR count). The summed E-state index contributed by atoms with van der Waals surface area (Å²) in [5.74, 6) is 0.466. The van der Waals surface area contributed by atoms with Gasteiger partial charge in [-0.15, -0.1) is 12.6 Å². The van der Waals surface area contributed by atoms with Gasteiger partial charge < -0.3 is 5.32 Å². The molecule has 19 heavy (non-hydrogen) atoms. The maximum atomic E-state index is 11.9. The monoisotopic (exact) mass is 296 g/mol. The lowest BCUT2D eigenvalue weighted by atomic mass is 10.2. The van der Waals surface area contributed by atoms with Crippen LogP contribution in [0.3, 0.4) is 0 Å². The molecule has 0 saturated heterocycles. The summed E-state index contributed by atoms with van der Waals surface area (Å²) in [4.78, 5) is 16.7. The SMILES string of the molecule is Cn1cnc(CCNC(=O)c2cc(S)ccc2Cl)n1. The van der Waals surface area contributed by atoms with Crippen LogP contribution < -0.4 is 5.32 Å². The average Bonchev–Trinajstić information content (AvgIpc) is 2.78. The van der Waals surface area contributed by atoms with Gasteiger partial charge in [-0.25, -0.2) is 4.98 Å². The van der Waals surface area contributed by atoms with E-state index in [1.165, 1.54) is 0 Å². The molecule has 0 bridgehead atoms. The molecule has 1 amide bonds. The van der Waals surface area contributed by atoms with Gasteiger partial charge in [-0.2, -0.15) is 5.10 Å². The maximum Gasteiger partial charge on any atom is 0.252 e. The fourth-order valence-corrected chi connectivity index (χ4v) is 1.98. The van der Waals surface area contributed by atoms with E-state index in [2.05, 4.69) is 28.0 Å². The predicted octanol–water partition coefficient (Wildman–Crippen LogP) is 1.73. The summed E-state index contributed by atoms with van der Waals surface area (Å²) in [6.07, 6.45) is 2.20. The Labute approximate surface area is 121 Å². The molecule has 1 heterocycles. The summed E-state index contributed by atoms with van der Waals surface area (Å²) < 4.78 is 1.62. The normalized spacial score (nSPS) is 10.5. The number of rotatable bonds is 4. The third kappa shape index (κ3) is 3.71. The van der Waals surface area contributed by atoms with Crippen molar-refractivity contribution in [3.63, 3.8) is 0 Å². The van der Waals surface area contributed by atoms with Crippen LogP contribution in [0, 0.1) is 0 Å². The smallest absolute Gasteiger partial charge is 0.252 e. The number of nitrogens with zero attached hydrogens (tertiary/aromatic N) is 3. The quantitative estimate of drug-likeness (QED) is 0.845. The lowest BCUT2D eigenvalue weighted by molar-refractivity contribution is 0.0954. The van der Waals surface area contributed by atoms with Crippen molar-refractivity contribution in [2.24, 2.45) is 7.05 Å². The number of carbonyl (C=O) groups excluding carboxylic acids is 1. The molecule has 7 heteroatoms. The number of benzene rings is 1. The van der Waals surface area contributed by atoms with E-state index in [4.69, 9.17) is 11.6 Å². The molecule has 2 aromatic rings. The van der Waals surface area contributed by atoms with Crippen LogP contribution in [-0.4, -0.2) is 27.2 Å². The highest BCUT2D eigenvalue weighted by Gasteiger charge is 2.10. The van der Waals surface area contributed by atoms with Crippen LogP contribution in [0.5, 0.6) is 0 Å². The predicted molar refractivity (Wildman–Crippen MR) is 75.7 cm³/mol. The minimum atomic E-state index is -0.225. The molecule has 0 saturated carbocycles. The summed E-state index contributed by atoms with van der Waals surface area (Å²) in [7, 11) is 1.80. The fraction of sp³-hybridized carbons (Fsp3) is 0.250. The van der Waals surface area contributed by atoms with E-state index < -0.39 is 0 Å². The van der Waals surface area contributed by atoms with Gasteiger partial charge in [0.2, 0.25) is 0 Å². The molecule has 0 radical (unpaired) electrons. The highest BCUT2D eigenvalue weighted by Crippen LogP contribution is 2.19. The van der Waals surface area contributed by atoms with E-state index in [0.29, 0.717) is 34.3 Å². The largest absolute Gasteiger partial charge is 0.352 e. The molecule has 5 nitrogen and oxygen atoms in total. The van der Waals surface area contributed by atoms with E-state index in [-0.39, 0.29) is 5.91 Å². The second-order valence-electron chi connectivity index (χ2n) is 4.00. The third-order valence-electron chi connectivity index (χ3n) is 2.48. The summed E-state index contributed by atoms with van der Waals surface area (Å²) in [6.45, 7) is 0.454. The van der Waals surface area contributed by atoms with Gasteiger partial charge in [0, 0.05) is 24.9 Å². The molecule has 0 spiro atoms. The Morgan fingerprint density at radius 3 is 3.00 bits per heavy atom. The third-order valence-corrected chi connectivity index (χ3v) is 3.08. The van der Waals surface area contributed by atoms with Crippen molar-refractivity contribution < 1.29 is 4.79 Å². The van der Waals surface area contributed by atoms with E-state index in [0.717, 1.165) is 0 Å². The minimum absolute atomic E-state index is 0.225. The number of hydrogen-bond acceptors (Lipinski definition) is 4. The zero-order valence-corrected chi connectivity index (χ0v) is 11.9. The summed E-state index contributed by atoms with van der Waals surface area (Å²) >= 11 is 10.2. The van der Waals surface area contributed by atoms with Crippen molar-refractivity contribution in [3.05, 3.63) is 40.9 Å². The number of thiol groups is 1. The van der Waals surface area contributed by atoms with E-state index in [9.17, 15) is 4.79 Å². The van der Waals surface area contributed by atoms with Crippen molar-refractivity contribution in [2.45, 2.75) is 11.3 Å². The van der Waals surface area contributed by atoms with Crippen molar-refractivity contribution >= 4 is 30.1 Å². The van der Waals surface area contributed by atoms with Gasteiger partial charge in [0.05, 0.1) is 10.6 Å². The molecule has 0 fully saturated rings. The van der Waals surface area contributed by atoms with Crippen LogP contribution in [-0.2, 0) is 13.5 Å². The lowest BCUT2D eigenvalue weighted by Crippen LogP contribution is -2.26. The molecule has 1 aromatic heterocycles. The van der Waals surface area contributed by atoms with Crippen LogP contribution in [0.4, 0.5) is 0 Å². The second-order valence-corrected chi connectivity index (χ2v) is 4.93. The molecule has 0 aliphatic heterocycles. The first-order valence-corrected chi connectivity index (χ1v) is 6.50. The minimum Gasteiger partial charge on any atom is -0.352 e. The zero-order chi connectivity index (χ0) is 13.8. The molecule has 0 unspecified atom stereocenters. The number of aryl methyl sites for hydroxylation is 1. The van der Waals surface area contributed by atoms with E-state index in [1.807, 2.05) is 0 Å². The average molecular weight is 297 g/mol. The first kappa shape index (κ1) is 13.9. The Morgan fingerprint density at radius 2 is 2.32 bits per heavy atom. The molecule has 1 N–H and O–H groups in total.